The van der Waals surface area contributed by atoms with E-state index in [0.717, 1.165) is 22.7 Å². The molecule has 0 saturated heterocycles. The van der Waals surface area contributed by atoms with Crippen molar-refractivity contribution in [2.75, 3.05) is 11.9 Å². The predicted octanol–water partition coefficient (Wildman–Crippen LogP) is 3.99. The first-order valence-corrected chi connectivity index (χ1v) is 8.41. The Balaban J connectivity index is 1.95. The summed E-state index contributed by atoms with van der Waals surface area (Å²) in [5.74, 6) is 1.06. The molecule has 0 spiro atoms. The van der Waals surface area contributed by atoms with Gasteiger partial charge in [0.1, 0.15) is 0 Å². The van der Waals surface area contributed by atoms with Gasteiger partial charge in [0, 0.05) is 28.8 Å². The number of rotatable bonds is 4. The van der Waals surface area contributed by atoms with Gasteiger partial charge in [0.15, 0.2) is 10.8 Å². The molecule has 0 bridgehead atoms. The summed E-state index contributed by atoms with van der Waals surface area (Å²) in [5.41, 5.74) is 1.21. The van der Waals surface area contributed by atoms with Crippen LogP contribution >= 0.6 is 38.6 Å². The molecule has 3 heterocycles. The quantitative estimate of drug-likeness (QED) is 0.669. The van der Waals surface area contributed by atoms with Crippen LogP contribution < -0.4 is 4.90 Å². The maximum atomic E-state index is 4.71. The Bertz CT molecular complexity index is 641. The average molecular weight is 342 g/mol. The number of hydrogen-bond acceptors (Lipinski definition) is 4. The Morgan fingerprint density at radius 1 is 1.39 bits per heavy atom. The number of nitrogens with zero attached hydrogens (tertiary/aromatic N) is 3. The molecule has 0 unspecified atom stereocenters. The largest absolute Gasteiger partial charge is 0.353 e. The second-order valence-corrected chi connectivity index (χ2v) is 6.47. The minimum atomic E-state index is 0.814. The molecule has 0 aromatic carbocycles. The van der Waals surface area contributed by atoms with E-state index >= 15 is 0 Å². The summed E-state index contributed by atoms with van der Waals surface area (Å²) in [7, 11) is 2.10. The SMILES string of the molecule is CN(Cc1cccs1)c1nc2sccn2c1CBr. The maximum absolute atomic E-state index is 4.71. The van der Waals surface area contributed by atoms with Crippen LogP contribution in [0.2, 0.25) is 0 Å². The summed E-state index contributed by atoms with van der Waals surface area (Å²) in [6.45, 7) is 0.905. The highest BCUT2D eigenvalue weighted by atomic mass is 79.9. The van der Waals surface area contributed by atoms with Gasteiger partial charge in [-0.25, -0.2) is 4.98 Å². The minimum Gasteiger partial charge on any atom is -0.353 e. The molecule has 0 aliphatic carbocycles. The van der Waals surface area contributed by atoms with Gasteiger partial charge in [0.05, 0.1) is 12.2 Å². The number of anilines is 1. The monoisotopic (exact) mass is 341 g/mol. The number of fused-ring (bicyclic) bond motifs is 1. The van der Waals surface area contributed by atoms with E-state index in [9.17, 15) is 0 Å². The second-order valence-electron chi connectivity index (χ2n) is 4.01. The van der Waals surface area contributed by atoms with Crippen LogP contribution in [0, 0.1) is 0 Å². The zero-order valence-electron chi connectivity index (χ0n) is 9.84. The van der Waals surface area contributed by atoms with Gasteiger partial charge in [-0.15, -0.1) is 22.7 Å². The highest BCUT2D eigenvalue weighted by Crippen LogP contribution is 2.27. The molecule has 0 aliphatic heterocycles. The fourth-order valence-corrected chi connectivity index (χ4v) is 3.97. The highest BCUT2D eigenvalue weighted by Gasteiger charge is 2.15. The molecule has 6 heteroatoms. The minimum absolute atomic E-state index is 0.814. The van der Waals surface area contributed by atoms with Crippen molar-refractivity contribution in [1.29, 1.82) is 0 Å². The molecule has 0 fully saturated rings. The van der Waals surface area contributed by atoms with E-state index in [-0.39, 0.29) is 0 Å². The number of halogens is 1. The zero-order chi connectivity index (χ0) is 12.5. The van der Waals surface area contributed by atoms with Crippen molar-refractivity contribution in [3.05, 3.63) is 39.7 Å². The number of aromatic nitrogens is 2. The summed E-state index contributed by atoms with van der Waals surface area (Å²) in [6, 6.07) is 4.25. The Labute approximate surface area is 122 Å². The Morgan fingerprint density at radius 2 is 2.28 bits per heavy atom. The van der Waals surface area contributed by atoms with Gasteiger partial charge in [0.2, 0.25) is 0 Å². The molecule has 3 nitrogen and oxygen atoms in total. The van der Waals surface area contributed by atoms with Gasteiger partial charge < -0.3 is 4.90 Å². The molecule has 0 amide bonds. The molecule has 0 aliphatic rings. The van der Waals surface area contributed by atoms with Crippen LogP contribution in [0.3, 0.4) is 0 Å². The summed E-state index contributed by atoms with van der Waals surface area (Å²) in [5, 5.41) is 4.99. The normalized spacial score (nSPS) is 11.2. The van der Waals surface area contributed by atoms with Gasteiger partial charge >= 0.3 is 0 Å². The van der Waals surface area contributed by atoms with Gasteiger partial charge in [-0.2, -0.15) is 0 Å². The van der Waals surface area contributed by atoms with Crippen LogP contribution in [0.15, 0.2) is 29.1 Å². The lowest BCUT2D eigenvalue weighted by Gasteiger charge is -2.16. The van der Waals surface area contributed by atoms with E-state index in [1.54, 1.807) is 22.7 Å². The number of imidazole rings is 1. The van der Waals surface area contributed by atoms with Crippen LogP contribution in [0.1, 0.15) is 10.6 Å². The highest BCUT2D eigenvalue weighted by molar-refractivity contribution is 9.08. The van der Waals surface area contributed by atoms with E-state index in [0.29, 0.717) is 0 Å². The van der Waals surface area contributed by atoms with Crippen molar-refractivity contribution in [3.63, 3.8) is 0 Å². The third kappa shape index (κ3) is 2.08. The molecule has 18 heavy (non-hydrogen) atoms. The van der Waals surface area contributed by atoms with Crippen molar-refractivity contribution >= 4 is 49.4 Å². The number of alkyl halides is 1. The van der Waals surface area contributed by atoms with Gasteiger partial charge in [-0.05, 0) is 11.4 Å². The lowest BCUT2D eigenvalue weighted by molar-refractivity contribution is 0.909. The number of hydrogen-bond donors (Lipinski definition) is 0. The van der Waals surface area contributed by atoms with E-state index in [4.69, 9.17) is 4.98 Å². The molecule has 3 rings (SSSR count). The maximum Gasteiger partial charge on any atom is 0.195 e. The summed E-state index contributed by atoms with van der Waals surface area (Å²) >= 11 is 7.01. The molecule has 3 aromatic heterocycles. The fraction of sp³-hybridized carbons (Fsp3) is 0.250. The Kier molecular flexibility index (Phi) is 3.41. The summed E-state index contributed by atoms with van der Waals surface area (Å²) in [4.78, 5) is 9.33. The third-order valence-electron chi connectivity index (χ3n) is 2.80. The van der Waals surface area contributed by atoms with Crippen LogP contribution in [0.25, 0.3) is 4.96 Å². The molecule has 0 atom stereocenters. The van der Waals surface area contributed by atoms with E-state index in [1.807, 2.05) is 0 Å². The molecule has 0 radical (unpaired) electrons. The van der Waals surface area contributed by atoms with Crippen molar-refractivity contribution in [2.45, 2.75) is 11.9 Å². The first-order valence-electron chi connectivity index (χ1n) is 5.53. The van der Waals surface area contributed by atoms with Crippen LogP contribution in [0.5, 0.6) is 0 Å². The van der Waals surface area contributed by atoms with E-state index < -0.39 is 0 Å². The van der Waals surface area contributed by atoms with Gasteiger partial charge in [-0.1, -0.05) is 22.0 Å². The Morgan fingerprint density at radius 3 is 3.00 bits per heavy atom. The van der Waals surface area contributed by atoms with Gasteiger partial charge in [-0.3, -0.25) is 4.40 Å². The first-order chi connectivity index (χ1) is 8.79. The van der Waals surface area contributed by atoms with Crippen LogP contribution in [-0.2, 0) is 11.9 Å². The van der Waals surface area contributed by atoms with Crippen LogP contribution in [-0.4, -0.2) is 16.4 Å². The topological polar surface area (TPSA) is 20.5 Å². The second kappa shape index (κ2) is 5.03. The molecular formula is C12H12BrN3S2. The molecule has 3 aromatic rings. The van der Waals surface area contributed by atoms with E-state index in [2.05, 4.69) is 61.4 Å². The predicted molar refractivity (Wildman–Crippen MR) is 82.1 cm³/mol. The molecule has 94 valence electrons. The lowest BCUT2D eigenvalue weighted by atomic mass is 10.4. The van der Waals surface area contributed by atoms with Crippen molar-refractivity contribution < 1.29 is 0 Å². The first kappa shape index (κ1) is 12.2. The lowest BCUT2D eigenvalue weighted by Crippen LogP contribution is -2.17. The zero-order valence-corrected chi connectivity index (χ0v) is 13.1. The summed E-state index contributed by atoms with van der Waals surface area (Å²) in [6.07, 6.45) is 2.08. The molecule has 0 saturated carbocycles. The Hall–Kier alpha value is -0.850. The molecular weight excluding hydrogens is 330 g/mol. The summed E-state index contributed by atoms with van der Waals surface area (Å²) < 4.78 is 2.15. The van der Waals surface area contributed by atoms with Crippen molar-refractivity contribution in [1.82, 2.24) is 9.38 Å². The average Bonchev–Trinajstić information content (AvgIpc) is 3.03. The molecule has 0 N–H and O–H groups in total. The van der Waals surface area contributed by atoms with Gasteiger partial charge in [0.25, 0.3) is 0 Å². The number of thiophene rings is 1. The number of thiazole rings is 1. The standard InChI is InChI=1S/C12H12BrN3S2/c1-15(8-9-3-2-5-17-9)11-10(7-13)16-4-6-18-12(16)14-11/h2-6H,7-8H2,1H3. The fourth-order valence-electron chi connectivity index (χ4n) is 1.96. The smallest absolute Gasteiger partial charge is 0.195 e. The van der Waals surface area contributed by atoms with Crippen molar-refractivity contribution in [3.8, 4) is 0 Å². The third-order valence-corrected chi connectivity index (χ3v) is 4.95. The van der Waals surface area contributed by atoms with E-state index in [1.165, 1.54) is 10.6 Å². The van der Waals surface area contributed by atoms with Crippen molar-refractivity contribution in [2.24, 2.45) is 0 Å². The van der Waals surface area contributed by atoms with Crippen LogP contribution in [0.4, 0.5) is 5.82 Å².